The lowest BCUT2D eigenvalue weighted by molar-refractivity contribution is 0.523. The molecule has 0 saturated carbocycles. The SMILES string of the molecule is CN(C)c1ccc(S(=O)(=O)c2ccc(S(=O)(=O)N(C)C)s2)cc1. The Labute approximate surface area is 140 Å². The molecule has 0 radical (unpaired) electrons. The maximum absolute atomic E-state index is 12.6. The first-order valence-corrected chi connectivity index (χ1v) is 10.4. The molecular weight excluding hydrogens is 356 g/mol. The van der Waals surface area contributed by atoms with Crippen molar-refractivity contribution in [3.8, 4) is 0 Å². The quantitative estimate of drug-likeness (QED) is 0.799. The van der Waals surface area contributed by atoms with E-state index in [2.05, 4.69) is 0 Å². The Kier molecular flexibility index (Phi) is 4.86. The molecule has 0 bridgehead atoms. The summed E-state index contributed by atoms with van der Waals surface area (Å²) in [6.45, 7) is 0. The fraction of sp³-hybridized carbons (Fsp3) is 0.286. The molecule has 0 aliphatic heterocycles. The second kappa shape index (κ2) is 6.23. The maximum atomic E-state index is 12.6. The summed E-state index contributed by atoms with van der Waals surface area (Å²) in [6, 6.07) is 9.10. The van der Waals surface area contributed by atoms with Gasteiger partial charge < -0.3 is 4.90 Å². The Morgan fingerprint density at radius 1 is 0.783 bits per heavy atom. The number of hydrogen-bond donors (Lipinski definition) is 0. The van der Waals surface area contributed by atoms with E-state index in [0.717, 1.165) is 21.3 Å². The van der Waals surface area contributed by atoms with Crippen LogP contribution in [0.25, 0.3) is 0 Å². The molecule has 0 unspecified atom stereocenters. The van der Waals surface area contributed by atoms with Gasteiger partial charge in [-0.05, 0) is 36.4 Å². The van der Waals surface area contributed by atoms with Gasteiger partial charge in [0.15, 0.2) is 0 Å². The third-order valence-corrected chi connectivity index (χ3v) is 8.85. The lowest BCUT2D eigenvalue weighted by atomic mass is 10.3. The molecule has 0 amide bonds. The molecule has 126 valence electrons. The van der Waals surface area contributed by atoms with E-state index < -0.39 is 19.9 Å². The van der Waals surface area contributed by atoms with Gasteiger partial charge in [0.05, 0.1) is 4.90 Å². The van der Waals surface area contributed by atoms with Gasteiger partial charge in [-0.2, -0.15) is 0 Å². The van der Waals surface area contributed by atoms with Crippen LogP contribution < -0.4 is 4.90 Å². The zero-order valence-corrected chi connectivity index (χ0v) is 15.7. The predicted molar refractivity (Wildman–Crippen MR) is 91.4 cm³/mol. The van der Waals surface area contributed by atoms with E-state index in [-0.39, 0.29) is 13.3 Å². The number of thiophene rings is 1. The van der Waals surface area contributed by atoms with Gasteiger partial charge in [-0.25, -0.2) is 21.1 Å². The van der Waals surface area contributed by atoms with E-state index >= 15 is 0 Å². The van der Waals surface area contributed by atoms with Gasteiger partial charge in [0.25, 0.3) is 10.0 Å². The maximum Gasteiger partial charge on any atom is 0.252 e. The van der Waals surface area contributed by atoms with Gasteiger partial charge in [0, 0.05) is 33.9 Å². The Balaban J connectivity index is 2.43. The van der Waals surface area contributed by atoms with Gasteiger partial charge in [-0.1, -0.05) is 0 Å². The number of benzene rings is 1. The van der Waals surface area contributed by atoms with Crippen molar-refractivity contribution in [1.82, 2.24) is 4.31 Å². The normalized spacial score (nSPS) is 12.6. The Morgan fingerprint density at radius 2 is 1.30 bits per heavy atom. The monoisotopic (exact) mass is 374 g/mol. The molecule has 1 aromatic carbocycles. The van der Waals surface area contributed by atoms with Gasteiger partial charge in [0.2, 0.25) is 9.84 Å². The summed E-state index contributed by atoms with van der Waals surface area (Å²) < 4.78 is 50.4. The summed E-state index contributed by atoms with van der Waals surface area (Å²) in [6.07, 6.45) is 0. The number of anilines is 1. The summed E-state index contributed by atoms with van der Waals surface area (Å²) >= 11 is 0.752. The Morgan fingerprint density at radius 3 is 1.78 bits per heavy atom. The molecule has 0 aliphatic carbocycles. The summed E-state index contributed by atoms with van der Waals surface area (Å²) in [5.41, 5.74) is 0.881. The van der Waals surface area contributed by atoms with Crippen LogP contribution in [-0.4, -0.2) is 49.3 Å². The van der Waals surface area contributed by atoms with Crippen molar-refractivity contribution in [1.29, 1.82) is 0 Å². The van der Waals surface area contributed by atoms with Crippen molar-refractivity contribution < 1.29 is 16.8 Å². The zero-order chi connectivity index (χ0) is 17.4. The number of sulfone groups is 1. The molecule has 1 heterocycles. The fourth-order valence-corrected chi connectivity index (χ4v) is 6.14. The number of hydrogen-bond acceptors (Lipinski definition) is 6. The largest absolute Gasteiger partial charge is 0.378 e. The highest BCUT2D eigenvalue weighted by atomic mass is 32.3. The van der Waals surface area contributed by atoms with E-state index in [1.165, 1.54) is 38.4 Å². The van der Waals surface area contributed by atoms with Crippen molar-refractivity contribution in [3.63, 3.8) is 0 Å². The topological polar surface area (TPSA) is 74.8 Å². The van der Waals surface area contributed by atoms with Crippen molar-refractivity contribution in [2.75, 3.05) is 33.1 Å². The Bertz CT molecular complexity index is 896. The van der Waals surface area contributed by atoms with E-state index in [0.29, 0.717) is 0 Å². The van der Waals surface area contributed by atoms with Crippen LogP contribution in [-0.2, 0) is 19.9 Å². The molecule has 0 aliphatic rings. The molecule has 23 heavy (non-hydrogen) atoms. The van der Waals surface area contributed by atoms with E-state index in [4.69, 9.17) is 0 Å². The second-order valence-corrected chi connectivity index (χ2v) is 10.9. The molecule has 6 nitrogen and oxygen atoms in total. The fourth-order valence-electron chi connectivity index (χ4n) is 1.81. The molecule has 1 aromatic heterocycles. The van der Waals surface area contributed by atoms with Crippen LogP contribution in [0.1, 0.15) is 0 Å². The van der Waals surface area contributed by atoms with Crippen LogP contribution >= 0.6 is 11.3 Å². The molecule has 9 heteroatoms. The minimum Gasteiger partial charge on any atom is -0.378 e. The van der Waals surface area contributed by atoms with Crippen LogP contribution in [0.2, 0.25) is 0 Å². The average Bonchev–Trinajstić information content (AvgIpc) is 2.98. The number of sulfonamides is 1. The predicted octanol–water partition coefficient (Wildman–Crippen LogP) is 1.90. The smallest absolute Gasteiger partial charge is 0.252 e. The molecule has 2 aromatic rings. The lowest BCUT2D eigenvalue weighted by Crippen LogP contribution is -2.21. The highest BCUT2D eigenvalue weighted by Gasteiger charge is 2.25. The van der Waals surface area contributed by atoms with Gasteiger partial charge in [0.1, 0.15) is 8.42 Å². The minimum atomic E-state index is -3.73. The highest BCUT2D eigenvalue weighted by Crippen LogP contribution is 2.31. The first-order chi connectivity index (χ1) is 10.6. The lowest BCUT2D eigenvalue weighted by Gasteiger charge is -2.12. The van der Waals surface area contributed by atoms with Crippen LogP contribution in [0.15, 0.2) is 49.7 Å². The zero-order valence-electron chi connectivity index (χ0n) is 13.2. The van der Waals surface area contributed by atoms with E-state index in [1.807, 2.05) is 19.0 Å². The summed E-state index contributed by atoms with van der Waals surface area (Å²) in [4.78, 5) is 2.00. The first-order valence-electron chi connectivity index (χ1n) is 6.61. The number of rotatable bonds is 5. The third kappa shape index (κ3) is 3.42. The van der Waals surface area contributed by atoms with Gasteiger partial charge in [-0.15, -0.1) is 11.3 Å². The average molecular weight is 375 g/mol. The van der Waals surface area contributed by atoms with E-state index in [9.17, 15) is 16.8 Å². The van der Waals surface area contributed by atoms with Crippen molar-refractivity contribution in [2.24, 2.45) is 0 Å². The van der Waals surface area contributed by atoms with Crippen molar-refractivity contribution >= 4 is 36.9 Å². The van der Waals surface area contributed by atoms with E-state index in [1.54, 1.807) is 12.1 Å². The van der Waals surface area contributed by atoms with Crippen LogP contribution in [0.4, 0.5) is 5.69 Å². The second-order valence-electron chi connectivity index (χ2n) is 5.25. The molecule has 0 spiro atoms. The summed E-state index contributed by atoms with van der Waals surface area (Å²) in [5, 5.41) is 0. The molecule has 0 atom stereocenters. The number of nitrogens with zero attached hydrogens (tertiary/aromatic N) is 2. The third-order valence-electron chi connectivity index (χ3n) is 3.22. The van der Waals surface area contributed by atoms with Crippen LogP contribution in [0.5, 0.6) is 0 Å². The standard InChI is InChI=1S/C14H18N2O4S3/c1-15(2)11-5-7-12(8-6-11)22(17,18)13-9-10-14(21-13)23(19,20)16(3)4/h5-10H,1-4H3. The van der Waals surface area contributed by atoms with Crippen LogP contribution in [0, 0.1) is 0 Å². The minimum absolute atomic E-state index is 0.00554. The summed E-state index contributed by atoms with van der Waals surface area (Å²) in [5.74, 6) is 0. The first kappa shape index (κ1) is 17.9. The van der Waals surface area contributed by atoms with Crippen LogP contribution in [0.3, 0.4) is 0 Å². The van der Waals surface area contributed by atoms with Crippen molar-refractivity contribution in [3.05, 3.63) is 36.4 Å². The van der Waals surface area contributed by atoms with Gasteiger partial charge in [-0.3, -0.25) is 0 Å². The van der Waals surface area contributed by atoms with Gasteiger partial charge >= 0.3 is 0 Å². The highest BCUT2D eigenvalue weighted by molar-refractivity contribution is 7.95. The summed E-state index contributed by atoms with van der Waals surface area (Å²) in [7, 11) is -0.829. The Hall–Kier alpha value is -1.42. The molecule has 0 N–H and O–H groups in total. The molecule has 2 rings (SSSR count). The van der Waals surface area contributed by atoms with Crippen molar-refractivity contribution in [2.45, 2.75) is 13.3 Å². The molecular formula is C14H18N2O4S3. The molecule has 0 saturated heterocycles. The molecule has 0 fully saturated rings.